The highest BCUT2D eigenvalue weighted by molar-refractivity contribution is 5.78. The van der Waals surface area contributed by atoms with Gasteiger partial charge in [0.25, 0.3) is 5.91 Å². The lowest BCUT2D eigenvalue weighted by atomic mass is 10.1. The Kier molecular flexibility index (Phi) is 4.35. The number of benzene rings is 2. The monoisotopic (exact) mass is 348 g/mol. The number of pyridine rings is 1. The summed E-state index contributed by atoms with van der Waals surface area (Å²) in [5.41, 5.74) is 2.63. The van der Waals surface area contributed by atoms with Gasteiger partial charge >= 0.3 is 0 Å². The molecule has 0 unspecified atom stereocenters. The van der Waals surface area contributed by atoms with Gasteiger partial charge in [-0.3, -0.25) is 4.79 Å². The molecule has 4 rings (SSSR count). The number of rotatable bonds is 3. The number of hydrogen-bond donors (Lipinski definition) is 0. The maximum atomic E-state index is 14.1. The Bertz CT molecular complexity index is 944. The minimum Gasteiger partial charge on any atom is -0.482 e. The highest BCUT2D eigenvalue weighted by Crippen LogP contribution is 2.28. The quantitative estimate of drug-likeness (QED) is 0.723. The molecule has 4 nitrogen and oxygen atoms in total. The van der Waals surface area contributed by atoms with E-state index in [9.17, 15) is 9.18 Å². The van der Waals surface area contributed by atoms with E-state index in [-0.39, 0.29) is 18.3 Å². The Morgan fingerprint density at radius 3 is 2.58 bits per heavy atom. The number of halogens is 1. The molecule has 0 saturated carbocycles. The standard InChI is InChI=1S/C21H17FN2O2/c22-17-9-5-4-8-16(17)18-10-11-20-19(23-18)13-24(21(25)14-26-20)12-15-6-2-1-3-7-15/h1-11H,12-14H2. The van der Waals surface area contributed by atoms with Crippen molar-refractivity contribution in [1.29, 1.82) is 0 Å². The Hall–Kier alpha value is -3.21. The smallest absolute Gasteiger partial charge is 0.261 e. The van der Waals surface area contributed by atoms with E-state index in [0.717, 1.165) is 5.56 Å². The number of fused-ring (bicyclic) bond motifs is 1. The molecule has 1 aromatic heterocycles. The lowest BCUT2D eigenvalue weighted by Crippen LogP contribution is -2.32. The van der Waals surface area contributed by atoms with Crippen LogP contribution in [0.1, 0.15) is 11.3 Å². The average Bonchev–Trinajstić information content (AvgIpc) is 2.82. The summed E-state index contributed by atoms with van der Waals surface area (Å²) >= 11 is 0. The minimum atomic E-state index is -0.327. The maximum Gasteiger partial charge on any atom is 0.261 e. The highest BCUT2D eigenvalue weighted by Gasteiger charge is 2.23. The third-order valence-corrected chi connectivity index (χ3v) is 4.34. The number of hydrogen-bond acceptors (Lipinski definition) is 3. The summed E-state index contributed by atoms with van der Waals surface area (Å²) in [6, 6.07) is 19.8. The highest BCUT2D eigenvalue weighted by atomic mass is 19.1. The molecule has 0 fully saturated rings. The topological polar surface area (TPSA) is 42.4 Å². The molecule has 1 aliphatic heterocycles. The van der Waals surface area contributed by atoms with E-state index in [1.165, 1.54) is 6.07 Å². The lowest BCUT2D eigenvalue weighted by Gasteiger charge is -2.19. The van der Waals surface area contributed by atoms with E-state index in [1.807, 2.05) is 30.3 Å². The van der Waals surface area contributed by atoms with E-state index in [2.05, 4.69) is 4.98 Å². The molecule has 0 N–H and O–H groups in total. The van der Waals surface area contributed by atoms with Crippen molar-refractivity contribution in [2.24, 2.45) is 0 Å². The van der Waals surface area contributed by atoms with Crippen LogP contribution in [-0.2, 0) is 17.9 Å². The van der Waals surface area contributed by atoms with Crippen LogP contribution in [0.15, 0.2) is 66.7 Å². The average molecular weight is 348 g/mol. The number of nitrogens with zero attached hydrogens (tertiary/aromatic N) is 2. The second kappa shape index (κ2) is 6.96. The molecule has 2 heterocycles. The molecule has 5 heteroatoms. The van der Waals surface area contributed by atoms with Crippen LogP contribution < -0.4 is 4.74 Å². The normalized spacial score (nSPS) is 13.7. The fourth-order valence-corrected chi connectivity index (χ4v) is 3.00. The van der Waals surface area contributed by atoms with E-state index >= 15 is 0 Å². The van der Waals surface area contributed by atoms with E-state index in [1.54, 1.807) is 35.2 Å². The van der Waals surface area contributed by atoms with Crippen molar-refractivity contribution in [3.05, 3.63) is 83.8 Å². The summed E-state index contributed by atoms with van der Waals surface area (Å²) in [4.78, 5) is 18.7. The Morgan fingerprint density at radius 2 is 1.77 bits per heavy atom. The van der Waals surface area contributed by atoms with Gasteiger partial charge in [0, 0.05) is 12.1 Å². The first-order valence-corrected chi connectivity index (χ1v) is 8.40. The molecule has 0 saturated heterocycles. The summed E-state index contributed by atoms with van der Waals surface area (Å²) < 4.78 is 19.7. The minimum absolute atomic E-state index is 0.0272. The van der Waals surface area contributed by atoms with Crippen LogP contribution in [0, 0.1) is 5.82 Å². The predicted octanol–water partition coefficient (Wildman–Crippen LogP) is 3.81. The van der Waals surface area contributed by atoms with Gasteiger partial charge in [-0.25, -0.2) is 9.37 Å². The van der Waals surface area contributed by atoms with Crippen LogP contribution in [0.5, 0.6) is 5.75 Å². The van der Waals surface area contributed by atoms with Crippen LogP contribution in [0.4, 0.5) is 4.39 Å². The largest absolute Gasteiger partial charge is 0.482 e. The lowest BCUT2D eigenvalue weighted by molar-refractivity contribution is -0.133. The van der Waals surface area contributed by atoms with E-state index < -0.39 is 0 Å². The van der Waals surface area contributed by atoms with Crippen LogP contribution in [-0.4, -0.2) is 22.4 Å². The number of amides is 1. The number of carbonyl (C=O) groups excluding carboxylic acids is 1. The van der Waals surface area contributed by atoms with Crippen molar-refractivity contribution in [1.82, 2.24) is 9.88 Å². The van der Waals surface area contributed by atoms with Gasteiger partial charge in [0.2, 0.25) is 0 Å². The van der Waals surface area contributed by atoms with Crippen molar-refractivity contribution in [2.45, 2.75) is 13.1 Å². The summed E-state index contributed by atoms with van der Waals surface area (Å²) in [7, 11) is 0. The Labute approximate surface area is 150 Å². The number of aromatic nitrogens is 1. The molecular weight excluding hydrogens is 331 g/mol. The first kappa shape index (κ1) is 16.3. The molecule has 0 aliphatic carbocycles. The summed E-state index contributed by atoms with van der Waals surface area (Å²) in [6.07, 6.45) is 0. The van der Waals surface area contributed by atoms with Gasteiger partial charge in [0.15, 0.2) is 6.61 Å². The SMILES string of the molecule is O=C1COc2ccc(-c3ccccc3F)nc2CN1Cc1ccccc1. The van der Waals surface area contributed by atoms with Gasteiger partial charge < -0.3 is 9.64 Å². The third kappa shape index (κ3) is 3.28. The second-order valence-electron chi connectivity index (χ2n) is 6.15. The molecular formula is C21H17FN2O2. The molecule has 0 radical (unpaired) electrons. The zero-order valence-corrected chi connectivity index (χ0v) is 14.1. The summed E-state index contributed by atoms with van der Waals surface area (Å²) in [5, 5.41) is 0. The van der Waals surface area contributed by atoms with Crippen LogP contribution in [0.2, 0.25) is 0 Å². The first-order valence-electron chi connectivity index (χ1n) is 8.40. The van der Waals surface area contributed by atoms with E-state index in [0.29, 0.717) is 35.8 Å². The molecule has 26 heavy (non-hydrogen) atoms. The van der Waals surface area contributed by atoms with Crippen molar-refractivity contribution >= 4 is 5.91 Å². The molecule has 0 bridgehead atoms. The molecule has 1 amide bonds. The van der Waals surface area contributed by atoms with Crippen LogP contribution in [0.3, 0.4) is 0 Å². The fraction of sp³-hybridized carbons (Fsp3) is 0.143. The van der Waals surface area contributed by atoms with Gasteiger partial charge in [-0.05, 0) is 29.8 Å². The summed E-state index contributed by atoms with van der Waals surface area (Å²) in [5.74, 6) is 0.139. The van der Waals surface area contributed by atoms with Crippen molar-refractivity contribution in [2.75, 3.05) is 6.61 Å². The predicted molar refractivity (Wildman–Crippen MR) is 95.8 cm³/mol. The fourth-order valence-electron chi connectivity index (χ4n) is 3.00. The van der Waals surface area contributed by atoms with Crippen molar-refractivity contribution in [3.8, 4) is 17.0 Å². The number of carbonyl (C=O) groups is 1. The molecule has 0 spiro atoms. The zero-order valence-electron chi connectivity index (χ0n) is 14.1. The van der Waals surface area contributed by atoms with Gasteiger partial charge in [0.1, 0.15) is 17.3 Å². The zero-order chi connectivity index (χ0) is 17.9. The molecule has 2 aromatic carbocycles. The van der Waals surface area contributed by atoms with Crippen molar-refractivity contribution < 1.29 is 13.9 Å². The summed E-state index contributed by atoms with van der Waals surface area (Å²) in [6.45, 7) is 0.778. The maximum absolute atomic E-state index is 14.1. The van der Waals surface area contributed by atoms with E-state index in [4.69, 9.17) is 4.74 Å². The first-order chi connectivity index (χ1) is 12.7. The number of ether oxygens (including phenoxy) is 1. The molecule has 3 aromatic rings. The van der Waals surface area contributed by atoms with Gasteiger partial charge in [-0.2, -0.15) is 0 Å². The van der Waals surface area contributed by atoms with Crippen LogP contribution in [0.25, 0.3) is 11.3 Å². The van der Waals surface area contributed by atoms with Crippen LogP contribution >= 0.6 is 0 Å². The molecule has 130 valence electrons. The molecule has 0 atom stereocenters. The Balaban J connectivity index is 1.66. The van der Waals surface area contributed by atoms with Gasteiger partial charge in [-0.1, -0.05) is 42.5 Å². The van der Waals surface area contributed by atoms with Crippen molar-refractivity contribution in [3.63, 3.8) is 0 Å². The van der Waals surface area contributed by atoms with Gasteiger partial charge in [0.05, 0.1) is 12.2 Å². The third-order valence-electron chi connectivity index (χ3n) is 4.34. The Morgan fingerprint density at radius 1 is 1.00 bits per heavy atom. The molecule has 1 aliphatic rings. The van der Waals surface area contributed by atoms with Gasteiger partial charge in [-0.15, -0.1) is 0 Å². The second-order valence-corrected chi connectivity index (χ2v) is 6.15.